The normalized spacial score (nSPS) is 13.5. The largest absolute Gasteiger partial charge is 0.383 e. The molecule has 1 heterocycles. The Morgan fingerprint density at radius 1 is 1.15 bits per heavy atom. The number of anilines is 1. The monoisotopic (exact) mass is 362 g/mol. The van der Waals surface area contributed by atoms with Crippen molar-refractivity contribution >= 4 is 17.6 Å². The molecule has 7 nitrogen and oxygen atoms in total. The average molecular weight is 362 g/mol. The first kappa shape index (κ1) is 20.0. The van der Waals surface area contributed by atoms with Gasteiger partial charge in [0.25, 0.3) is 0 Å². The third kappa shape index (κ3) is 6.22. The molecule has 0 atom stereocenters. The first-order chi connectivity index (χ1) is 12.6. The van der Waals surface area contributed by atoms with Gasteiger partial charge in [-0.25, -0.2) is 4.79 Å². The lowest BCUT2D eigenvalue weighted by atomic mass is 10.1. The van der Waals surface area contributed by atoms with E-state index in [1.165, 1.54) is 18.5 Å². The molecule has 1 aromatic rings. The number of nitrogens with one attached hydrogen (secondary N) is 2. The molecule has 7 heteroatoms. The van der Waals surface area contributed by atoms with Crippen LogP contribution in [0.25, 0.3) is 0 Å². The Morgan fingerprint density at radius 3 is 2.62 bits per heavy atom. The van der Waals surface area contributed by atoms with Crippen molar-refractivity contribution in [2.75, 3.05) is 51.8 Å². The highest BCUT2D eigenvalue weighted by Gasteiger charge is 2.17. The first-order valence-electron chi connectivity index (χ1n) is 9.19. The molecule has 3 amide bonds. The van der Waals surface area contributed by atoms with E-state index in [0.29, 0.717) is 26.2 Å². The summed E-state index contributed by atoms with van der Waals surface area (Å²) < 4.78 is 4.87. The Bertz CT molecular complexity index is 588. The highest BCUT2D eigenvalue weighted by atomic mass is 16.5. The Morgan fingerprint density at radius 2 is 1.88 bits per heavy atom. The van der Waals surface area contributed by atoms with Crippen LogP contribution >= 0.6 is 0 Å². The van der Waals surface area contributed by atoms with Crippen molar-refractivity contribution in [2.24, 2.45) is 0 Å². The van der Waals surface area contributed by atoms with Gasteiger partial charge in [0.15, 0.2) is 0 Å². The molecule has 0 bridgehead atoms. The summed E-state index contributed by atoms with van der Waals surface area (Å²) in [4.78, 5) is 27.9. The van der Waals surface area contributed by atoms with E-state index in [-0.39, 0.29) is 18.4 Å². The van der Waals surface area contributed by atoms with Gasteiger partial charge in [0, 0.05) is 59.0 Å². The average Bonchev–Trinajstić information content (AvgIpc) is 3.16. The summed E-state index contributed by atoms with van der Waals surface area (Å²) in [5.74, 6) is -0.0932. The van der Waals surface area contributed by atoms with E-state index >= 15 is 0 Å². The summed E-state index contributed by atoms with van der Waals surface area (Å²) in [6, 6.07) is 8.06. The zero-order valence-electron chi connectivity index (χ0n) is 15.8. The number of hydrogen-bond acceptors (Lipinski definition) is 4. The topological polar surface area (TPSA) is 73.9 Å². The fourth-order valence-electron chi connectivity index (χ4n) is 3.04. The second-order valence-electron chi connectivity index (χ2n) is 6.50. The van der Waals surface area contributed by atoms with Crippen molar-refractivity contribution in [1.29, 1.82) is 0 Å². The number of benzene rings is 1. The summed E-state index contributed by atoms with van der Waals surface area (Å²) in [5, 5.41) is 5.53. The number of rotatable bonds is 9. The standard InChI is InChI=1S/C19H30N4O3/c1-22(19(25)21-10-9-18(24)20-11-14-26-2)15-16-7-3-4-8-17(16)23-12-5-6-13-23/h3-4,7-8H,5-6,9-15H2,1-2H3,(H,20,24)(H,21,25). The minimum atomic E-state index is -0.175. The van der Waals surface area contributed by atoms with Crippen LogP contribution in [0.15, 0.2) is 24.3 Å². The number of hydrogen-bond donors (Lipinski definition) is 2. The van der Waals surface area contributed by atoms with Gasteiger partial charge in [-0.2, -0.15) is 0 Å². The second-order valence-corrected chi connectivity index (χ2v) is 6.50. The molecule has 2 rings (SSSR count). The zero-order valence-corrected chi connectivity index (χ0v) is 15.8. The maximum atomic E-state index is 12.3. The zero-order chi connectivity index (χ0) is 18.8. The van der Waals surface area contributed by atoms with Crippen LogP contribution in [0.3, 0.4) is 0 Å². The molecule has 2 N–H and O–H groups in total. The van der Waals surface area contributed by atoms with Gasteiger partial charge < -0.3 is 25.2 Å². The van der Waals surface area contributed by atoms with E-state index in [1.807, 2.05) is 12.1 Å². The van der Waals surface area contributed by atoms with Crippen LogP contribution in [0, 0.1) is 0 Å². The van der Waals surface area contributed by atoms with E-state index in [4.69, 9.17) is 4.74 Å². The summed E-state index contributed by atoms with van der Waals surface area (Å²) in [7, 11) is 3.36. The van der Waals surface area contributed by atoms with Gasteiger partial charge in [0.1, 0.15) is 0 Å². The Labute approximate surface area is 155 Å². The van der Waals surface area contributed by atoms with E-state index in [9.17, 15) is 9.59 Å². The molecular formula is C19H30N4O3. The van der Waals surface area contributed by atoms with Crippen molar-refractivity contribution in [3.8, 4) is 0 Å². The minimum Gasteiger partial charge on any atom is -0.383 e. The van der Waals surface area contributed by atoms with Crippen molar-refractivity contribution in [3.05, 3.63) is 29.8 Å². The summed E-state index contributed by atoms with van der Waals surface area (Å²) in [5.41, 5.74) is 2.35. The lowest BCUT2D eigenvalue weighted by molar-refractivity contribution is -0.121. The molecule has 1 aliphatic rings. The van der Waals surface area contributed by atoms with E-state index in [0.717, 1.165) is 18.7 Å². The second kappa shape index (κ2) is 10.7. The van der Waals surface area contributed by atoms with E-state index in [1.54, 1.807) is 19.1 Å². The summed E-state index contributed by atoms with van der Waals surface area (Å²) in [6.07, 6.45) is 2.70. The van der Waals surface area contributed by atoms with Crippen LogP contribution in [0.4, 0.5) is 10.5 Å². The SMILES string of the molecule is COCCNC(=O)CCNC(=O)N(C)Cc1ccccc1N1CCCC1. The molecule has 0 spiro atoms. The lowest BCUT2D eigenvalue weighted by Gasteiger charge is -2.24. The van der Waals surface area contributed by atoms with Gasteiger partial charge in [-0.05, 0) is 24.5 Å². The van der Waals surface area contributed by atoms with Crippen molar-refractivity contribution in [3.63, 3.8) is 0 Å². The van der Waals surface area contributed by atoms with Crippen LogP contribution in [0.2, 0.25) is 0 Å². The molecule has 0 unspecified atom stereocenters. The Hall–Kier alpha value is -2.28. The van der Waals surface area contributed by atoms with Crippen LogP contribution in [0.1, 0.15) is 24.8 Å². The molecule has 0 radical (unpaired) electrons. The summed E-state index contributed by atoms with van der Waals surface area (Å²) in [6.45, 7) is 3.97. The van der Waals surface area contributed by atoms with Crippen LogP contribution < -0.4 is 15.5 Å². The lowest BCUT2D eigenvalue weighted by Crippen LogP contribution is -2.39. The third-order valence-electron chi connectivity index (χ3n) is 4.45. The predicted molar refractivity (Wildman–Crippen MR) is 102 cm³/mol. The Kier molecular flexibility index (Phi) is 8.21. The fourth-order valence-corrected chi connectivity index (χ4v) is 3.04. The van der Waals surface area contributed by atoms with Gasteiger partial charge in [-0.15, -0.1) is 0 Å². The van der Waals surface area contributed by atoms with Crippen molar-refractivity contribution < 1.29 is 14.3 Å². The smallest absolute Gasteiger partial charge is 0.317 e. The van der Waals surface area contributed by atoms with Crippen molar-refractivity contribution in [1.82, 2.24) is 15.5 Å². The number of ether oxygens (including phenoxy) is 1. The fraction of sp³-hybridized carbons (Fsp3) is 0.579. The molecule has 1 aromatic carbocycles. The molecule has 1 fully saturated rings. The number of amides is 3. The number of para-hydroxylation sites is 1. The molecule has 0 saturated carbocycles. The third-order valence-corrected chi connectivity index (χ3v) is 4.45. The number of carbonyl (C=O) groups excluding carboxylic acids is 2. The molecule has 0 aromatic heterocycles. The quantitative estimate of drug-likeness (QED) is 0.654. The highest BCUT2D eigenvalue weighted by Crippen LogP contribution is 2.25. The number of methoxy groups -OCH3 is 1. The highest BCUT2D eigenvalue weighted by molar-refractivity contribution is 5.78. The van der Waals surface area contributed by atoms with E-state index < -0.39 is 0 Å². The molecule has 26 heavy (non-hydrogen) atoms. The first-order valence-corrected chi connectivity index (χ1v) is 9.19. The number of urea groups is 1. The van der Waals surface area contributed by atoms with Gasteiger partial charge >= 0.3 is 6.03 Å². The minimum absolute atomic E-state index is 0.0932. The molecule has 1 saturated heterocycles. The van der Waals surface area contributed by atoms with Gasteiger partial charge in [-0.3, -0.25) is 4.79 Å². The van der Waals surface area contributed by atoms with Gasteiger partial charge in [0.05, 0.1) is 6.61 Å². The van der Waals surface area contributed by atoms with Gasteiger partial charge in [-0.1, -0.05) is 18.2 Å². The predicted octanol–water partition coefficient (Wildman–Crippen LogP) is 1.58. The van der Waals surface area contributed by atoms with Gasteiger partial charge in [0.2, 0.25) is 5.91 Å². The molecule has 0 aliphatic carbocycles. The maximum Gasteiger partial charge on any atom is 0.317 e. The number of carbonyl (C=O) groups is 2. The van der Waals surface area contributed by atoms with Crippen LogP contribution in [0.5, 0.6) is 0 Å². The Balaban J connectivity index is 1.78. The number of nitrogens with zero attached hydrogens (tertiary/aromatic N) is 2. The van der Waals surface area contributed by atoms with Crippen molar-refractivity contribution in [2.45, 2.75) is 25.8 Å². The summed E-state index contributed by atoms with van der Waals surface area (Å²) >= 11 is 0. The van der Waals surface area contributed by atoms with Crippen LogP contribution in [-0.4, -0.2) is 63.8 Å². The van der Waals surface area contributed by atoms with E-state index in [2.05, 4.69) is 27.7 Å². The molecular weight excluding hydrogens is 332 g/mol. The van der Waals surface area contributed by atoms with Crippen LogP contribution in [-0.2, 0) is 16.1 Å². The molecule has 144 valence electrons. The maximum absolute atomic E-state index is 12.3. The molecule has 1 aliphatic heterocycles.